The number of nitrogens with zero attached hydrogens (tertiary/aromatic N) is 1. The van der Waals surface area contributed by atoms with Gasteiger partial charge in [0.05, 0.1) is 23.7 Å². The van der Waals surface area contributed by atoms with E-state index in [0.29, 0.717) is 33.7 Å². The molecule has 0 aliphatic rings. The van der Waals surface area contributed by atoms with Crippen LogP contribution in [0.25, 0.3) is 22.2 Å². The second-order valence-electron chi connectivity index (χ2n) is 7.35. The number of aryl methyl sites for hydroxylation is 1. The average Bonchev–Trinajstić information content (AvgIpc) is 3.23. The summed E-state index contributed by atoms with van der Waals surface area (Å²) in [4.78, 5) is 25.3. The maximum absolute atomic E-state index is 12.7. The van der Waals surface area contributed by atoms with Gasteiger partial charge in [0.25, 0.3) is 5.91 Å². The third-order valence-electron chi connectivity index (χ3n) is 5.01. The summed E-state index contributed by atoms with van der Waals surface area (Å²) in [6, 6.07) is 19.9. The smallest absolute Gasteiger partial charge is 0.338 e. The Hall–Kier alpha value is -4.13. The number of hydrogen-bond donors (Lipinski definition) is 1. The van der Waals surface area contributed by atoms with Crippen molar-refractivity contribution in [3.05, 3.63) is 77.9 Å². The van der Waals surface area contributed by atoms with E-state index in [0.717, 1.165) is 11.1 Å². The molecule has 3 aromatic carbocycles. The van der Waals surface area contributed by atoms with E-state index in [2.05, 4.69) is 10.5 Å². The van der Waals surface area contributed by atoms with Gasteiger partial charge in [-0.1, -0.05) is 41.6 Å². The number of carbonyl (C=O) groups is 2. The van der Waals surface area contributed by atoms with Gasteiger partial charge in [-0.2, -0.15) is 0 Å². The molecular formula is C25H22N2O5. The zero-order chi connectivity index (χ0) is 22.7. The predicted molar refractivity (Wildman–Crippen MR) is 121 cm³/mol. The molecule has 0 aliphatic heterocycles. The first-order valence-corrected chi connectivity index (χ1v) is 10.1. The predicted octanol–water partition coefficient (Wildman–Crippen LogP) is 5.00. The molecule has 0 aliphatic carbocycles. The molecule has 0 fully saturated rings. The lowest BCUT2D eigenvalue weighted by Gasteiger charge is -2.15. The van der Waals surface area contributed by atoms with Crippen LogP contribution in [0, 0.1) is 6.92 Å². The molecule has 4 rings (SSSR count). The van der Waals surface area contributed by atoms with E-state index in [1.165, 1.54) is 14.0 Å². The first kappa shape index (κ1) is 21.1. The molecule has 1 amide bonds. The van der Waals surface area contributed by atoms with Crippen molar-refractivity contribution >= 4 is 28.5 Å². The molecule has 7 nitrogen and oxygen atoms in total. The van der Waals surface area contributed by atoms with Gasteiger partial charge in [0, 0.05) is 5.56 Å². The molecule has 0 spiro atoms. The monoisotopic (exact) mass is 430 g/mol. The number of methoxy groups -OCH3 is 1. The van der Waals surface area contributed by atoms with E-state index < -0.39 is 18.0 Å². The van der Waals surface area contributed by atoms with Crippen LogP contribution >= 0.6 is 0 Å². The number of amides is 1. The second kappa shape index (κ2) is 8.93. The summed E-state index contributed by atoms with van der Waals surface area (Å²) < 4.78 is 16.2. The van der Waals surface area contributed by atoms with Gasteiger partial charge in [0.1, 0.15) is 11.3 Å². The molecule has 0 bridgehead atoms. The molecule has 7 heteroatoms. The molecule has 0 saturated heterocycles. The highest BCUT2D eigenvalue weighted by atomic mass is 16.5. The fourth-order valence-electron chi connectivity index (χ4n) is 3.30. The highest BCUT2D eigenvalue weighted by Gasteiger charge is 2.21. The van der Waals surface area contributed by atoms with Gasteiger partial charge >= 0.3 is 5.97 Å². The summed E-state index contributed by atoms with van der Waals surface area (Å²) in [6.45, 7) is 3.42. The van der Waals surface area contributed by atoms with Crippen LogP contribution in [0.15, 0.2) is 71.3 Å². The van der Waals surface area contributed by atoms with Crippen LogP contribution in [0.2, 0.25) is 0 Å². The van der Waals surface area contributed by atoms with Crippen LogP contribution in [0.4, 0.5) is 5.69 Å². The van der Waals surface area contributed by atoms with Crippen molar-refractivity contribution < 1.29 is 23.6 Å². The number of fused-ring (bicyclic) bond motifs is 1. The maximum Gasteiger partial charge on any atom is 0.338 e. The lowest BCUT2D eigenvalue weighted by Crippen LogP contribution is -2.30. The molecular weight excluding hydrogens is 408 g/mol. The zero-order valence-corrected chi connectivity index (χ0v) is 17.9. The molecule has 1 unspecified atom stereocenters. The minimum atomic E-state index is -1.01. The van der Waals surface area contributed by atoms with Crippen molar-refractivity contribution in [2.75, 3.05) is 12.4 Å². The van der Waals surface area contributed by atoms with E-state index in [-0.39, 0.29) is 0 Å². The Morgan fingerprint density at radius 1 is 1.03 bits per heavy atom. The SMILES string of the molecule is COc1ccc(C)cc1NC(=O)C(C)OC(=O)c1ccc2noc(-c3ccccc3)c2c1. The first-order valence-electron chi connectivity index (χ1n) is 10.1. The van der Waals surface area contributed by atoms with E-state index in [4.69, 9.17) is 14.0 Å². The zero-order valence-electron chi connectivity index (χ0n) is 17.9. The van der Waals surface area contributed by atoms with Gasteiger partial charge in [-0.05, 0) is 49.7 Å². The Labute approximate surface area is 184 Å². The first-order chi connectivity index (χ1) is 15.5. The van der Waals surface area contributed by atoms with Gasteiger partial charge in [0.2, 0.25) is 0 Å². The maximum atomic E-state index is 12.7. The number of esters is 1. The quantitative estimate of drug-likeness (QED) is 0.433. The van der Waals surface area contributed by atoms with Crippen molar-refractivity contribution in [2.45, 2.75) is 20.0 Å². The molecule has 4 aromatic rings. The topological polar surface area (TPSA) is 90.7 Å². The fourth-order valence-corrected chi connectivity index (χ4v) is 3.30. The number of aromatic nitrogens is 1. The fraction of sp³-hybridized carbons (Fsp3) is 0.160. The Balaban J connectivity index is 1.51. The van der Waals surface area contributed by atoms with Gasteiger partial charge in [0.15, 0.2) is 11.9 Å². The average molecular weight is 430 g/mol. The number of anilines is 1. The summed E-state index contributed by atoms with van der Waals surface area (Å²) in [5.74, 6) is 0.00524. The summed E-state index contributed by atoms with van der Waals surface area (Å²) in [5.41, 5.74) is 3.24. The molecule has 162 valence electrons. The summed E-state index contributed by atoms with van der Waals surface area (Å²) in [7, 11) is 1.52. The summed E-state index contributed by atoms with van der Waals surface area (Å²) in [5, 5.41) is 7.49. The molecule has 0 radical (unpaired) electrons. The highest BCUT2D eigenvalue weighted by molar-refractivity contribution is 6.01. The lowest BCUT2D eigenvalue weighted by molar-refractivity contribution is -0.123. The third-order valence-corrected chi connectivity index (χ3v) is 5.01. The molecule has 1 N–H and O–H groups in total. The van der Waals surface area contributed by atoms with Crippen LogP contribution in [0.1, 0.15) is 22.8 Å². The minimum absolute atomic E-state index is 0.297. The Morgan fingerprint density at radius 2 is 1.81 bits per heavy atom. The van der Waals surface area contributed by atoms with Gasteiger partial charge in [-0.3, -0.25) is 4.79 Å². The van der Waals surface area contributed by atoms with E-state index in [1.54, 1.807) is 30.3 Å². The number of benzene rings is 3. The minimum Gasteiger partial charge on any atom is -0.495 e. The van der Waals surface area contributed by atoms with Gasteiger partial charge in [-0.15, -0.1) is 0 Å². The van der Waals surface area contributed by atoms with E-state index in [9.17, 15) is 9.59 Å². The molecule has 1 atom stereocenters. The summed E-state index contributed by atoms with van der Waals surface area (Å²) >= 11 is 0. The molecule has 1 heterocycles. The van der Waals surface area contributed by atoms with Gasteiger partial charge in [-0.25, -0.2) is 4.79 Å². The van der Waals surface area contributed by atoms with Crippen molar-refractivity contribution in [2.24, 2.45) is 0 Å². The van der Waals surface area contributed by atoms with Crippen molar-refractivity contribution in [1.82, 2.24) is 5.16 Å². The Morgan fingerprint density at radius 3 is 2.56 bits per heavy atom. The Kier molecular flexibility index (Phi) is 5.89. The number of carbonyl (C=O) groups excluding carboxylic acids is 2. The number of ether oxygens (including phenoxy) is 2. The number of rotatable bonds is 6. The molecule has 0 saturated carbocycles. The lowest BCUT2D eigenvalue weighted by atomic mass is 10.1. The van der Waals surface area contributed by atoms with Crippen molar-refractivity contribution in [3.8, 4) is 17.1 Å². The number of hydrogen-bond acceptors (Lipinski definition) is 6. The molecule has 32 heavy (non-hydrogen) atoms. The molecule has 1 aromatic heterocycles. The summed E-state index contributed by atoms with van der Waals surface area (Å²) in [6.07, 6.45) is -1.01. The second-order valence-corrected chi connectivity index (χ2v) is 7.35. The van der Waals surface area contributed by atoms with E-state index in [1.807, 2.05) is 43.3 Å². The highest BCUT2D eigenvalue weighted by Crippen LogP contribution is 2.29. The van der Waals surface area contributed by atoms with Crippen LogP contribution in [0.3, 0.4) is 0 Å². The largest absolute Gasteiger partial charge is 0.495 e. The van der Waals surface area contributed by atoms with Crippen molar-refractivity contribution in [1.29, 1.82) is 0 Å². The van der Waals surface area contributed by atoms with E-state index >= 15 is 0 Å². The van der Waals surface area contributed by atoms with Crippen LogP contribution < -0.4 is 10.1 Å². The Bertz CT molecular complexity index is 1280. The van der Waals surface area contributed by atoms with Crippen LogP contribution in [0.5, 0.6) is 5.75 Å². The third kappa shape index (κ3) is 4.32. The van der Waals surface area contributed by atoms with Crippen LogP contribution in [-0.4, -0.2) is 30.2 Å². The standard InChI is InChI=1S/C25H22N2O5/c1-15-9-12-22(30-3)21(13-15)26-24(28)16(2)31-25(29)18-10-11-20-19(14-18)23(32-27-20)17-7-5-4-6-8-17/h4-14,16H,1-3H3,(H,26,28). The van der Waals surface area contributed by atoms with Crippen molar-refractivity contribution in [3.63, 3.8) is 0 Å². The normalized spacial score (nSPS) is 11.7. The number of nitrogens with one attached hydrogen (secondary N) is 1. The van der Waals surface area contributed by atoms with Crippen LogP contribution in [-0.2, 0) is 9.53 Å². The van der Waals surface area contributed by atoms with Gasteiger partial charge < -0.3 is 19.3 Å².